The molecule has 0 aliphatic carbocycles. The zero-order valence-corrected chi connectivity index (χ0v) is 11.3. The minimum absolute atomic E-state index is 0.116. The van der Waals surface area contributed by atoms with Gasteiger partial charge in [-0.2, -0.15) is 0 Å². The first-order valence-electron chi connectivity index (χ1n) is 5.65. The molecule has 18 heavy (non-hydrogen) atoms. The van der Waals surface area contributed by atoms with Crippen molar-refractivity contribution in [3.63, 3.8) is 0 Å². The number of likely N-dealkylation sites (tertiary alicyclic amines) is 1. The summed E-state index contributed by atoms with van der Waals surface area (Å²) in [6.07, 6.45) is 2.08. The number of hydrogen-bond acceptors (Lipinski definition) is 2. The number of benzene rings is 1. The summed E-state index contributed by atoms with van der Waals surface area (Å²) in [5.41, 5.74) is 1.87. The summed E-state index contributed by atoms with van der Waals surface area (Å²) in [7, 11) is 1.54. The van der Waals surface area contributed by atoms with Gasteiger partial charge in [0, 0.05) is 35.0 Å². The lowest BCUT2D eigenvalue weighted by Gasteiger charge is -2.07. The number of rotatable bonds is 1. The fourth-order valence-electron chi connectivity index (χ4n) is 2.40. The summed E-state index contributed by atoms with van der Waals surface area (Å²) in [6, 6.07) is 5.86. The molecule has 2 heterocycles. The van der Waals surface area contributed by atoms with Gasteiger partial charge in [0.15, 0.2) is 0 Å². The first kappa shape index (κ1) is 11.5. The Labute approximate surface area is 112 Å². The van der Waals surface area contributed by atoms with Crippen molar-refractivity contribution in [1.82, 2.24) is 9.88 Å². The maximum Gasteiger partial charge on any atom is 0.237 e. The number of carbonyl (C=O) groups is 2. The average Bonchev–Trinajstić information content (AvgIpc) is 2.86. The molecule has 0 unspecified atom stereocenters. The molecule has 2 aromatic rings. The van der Waals surface area contributed by atoms with E-state index in [2.05, 4.69) is 20.9 Å². The van der Waals surface area contributed by atoms with E-state index in [1.54, 1.807) is 0 Å². The van der Waals surface area contributed by atoms with Crippen LogP contribution in [-0.2, 0) is 9.59 Å². The van der Waals surface area contributed by atoms with Crippen LogP contribution in [0.3, 0.4) is 0 Å². The van der Waals surface area contributed by atoms with Crippen LogP contribution in [0.15, 0.2) is 28.9 Å². The molecule has 1 aliphatic heterocycles. The van der Waals surface area contributed by atoms with Crippen LogP contribution < -0.4 is 0 Å². The number of nitrogens with zero attached hydrogens (tertiary/aromatic N) is 1. The first-order valence-corrected chi connectivity index (χ1v) is 6.44. The van der Waals surface area contributed by atoms with E-state index in [4.69, 9.17) is 0 Å². The molecule has 1 atom stereocenters. The predicted molar refractivity (Wildman–Crippen MR) is 71.1 cm³/mol. The van der Waals surface area contributed by atoms with Crippen LogP contribution in [-0.4, -0.2) is 28.7 Å². The van der Waals surface area contributed by atoms with Gasteiger partial charge in [-0.25, -0.2) is 0 Å². The molecule has 1 aliphatic rings. The number of hydrogen-bond donors (Lipinski definition) is 1. The van der Waals surface area contributed by atoms with Gasteiger partial charge >= 0.3 is 0 Å². The largest absolute Gasteiger partial charge is 0.361 e. The average molecular weight is 307 g/mol. The third-order valence-corrected chi connectivity index (χ3v) is 3.93. The van der Waals surface area contributed by atoms with Gasteiger partial charge in [-0.05, 0) is 23.8 Å². The highest BCUT2D eigenvalue weighted by Crippen LogP contribution is 2.34. The Balaban J connectivity index is 2.13. The predicted octanol–water partition coefficient (Wildman–Crippen LogP) is 2.40. The minimum Gasteiger partial charge on any atom is -0.361 e. The first-order chi connectivity index (χ1) is 8.58. The van der Waals surface area contributed by atoms with Crippen LogP contribution in [0.1, 0.15) is 17.9 Å². The summed E-state index contributed by atoms with van der Waals surface area (Å²) in [6.45, 7) is 0. The fourth-order valence-corrected chi connectivity index (χ4v) is 2.76. The molecule has 5 heteroatoms. The number of carbonyl (C=O) groups excluding carboxylic acids is 2. The van der Waals surface area contributed by atoms with E-state index >= 15 is 0 Å². The Bertz CT molecular complexity index is 662. The van der Waals surface area contributed by atoms with Crippen molar-refractivity contribution in [3.8, 4) is 0 Å². The summed E-state index contributed by atoms with van der Waals surface area (Å²) in [5.74, 6) is -0.597. The van der Waals surface area contributed by atoms with E-state index in [1.807, 2.05) is 24.4 Å². The molecule has 0 spiro atoms. The highest BCUT2D eigenvalue weighted by atomic mass is 79.9. The smallest absolute Gasteiger partial charge is 0.237 e. The maximum atomic E-state index is 12.0. The summed E-state index contributed by atoms with van der Waals surface area (Å²) >= 11 is 3.42. The van der Waals surface area contributed by atoms with Gasteiger partial charge in [-0.1, -0.05) is 15.9 Å². The molecular weight excluding hydrogens is 296 g/mol. The standard InChI is InChI=1S/C13H11BrN2O2/c1-16-12(17)5-9(13(16)18)10-6-15-11-3-2-7(14)4-8(10)11/h2-4,6,9,15H,5H2,1H3/t9-/m1/s1. The highest BCUT2D eigenvalue weighted by Gasteiger charge is 2.38. The number of likely N-dealkylation sites (N-methyl/N-ethyl adjacent to an activating group) is 1. The second kappa shape index (κ2) is 3.95. The molecule has 0 bridgehead atoms. The molecule has 1 aromatic heterocycles. The lowest BCUT2D eigenvalue weighted by Crippen LogP contribution is -2.25. The number of H-pyrrole nitrogens is 1. The molecule has 3 rings (SSSR count). The lowest BCUT2D eigenvalue weighted by atomic mass is 9.97. The summed E-state index contributed by atoms with van der Waals surface area (Å²) < 4.78 is 0.959. The van der Waals surface area contributed by atoms with Crippen molar-refractivity contribution >= 4 is 38.6 Å². The molecule has 1 fully saturated rings. The van der Waals surface area contributed by atoms with Gasteiger partial charge in [0.25, 0.3) is 0 Å². The molecule has 4 nitrogen and oxygen atoms in total. The number of aromatic amines is 1. The van der Waals surface area contributed by atoms with E-state index in [1.165, 1.54) is 11.9 Å². The summed E-state index contributed by atoms with van der Waals surface area (Å²) in [4.78, 5) is 28.0. The van der Waals surface area contributed by atoms with Crippen LogP contribution >= 0.6 is 15.9 Å². The van der Waals surface area contributed by atoms with E-state index < -0.39 is 0 Å². The molecular formula is C13H11BrN2O2. The Hall–Kier alpha value is -1.62. The van der Waals surface area contributed by atoms with Crippen molar-refractivity contribution in [2.45, 2.75) is 12.3 Å². The molecule has 1 N–H and O–H groups in total. The van der Waals surface area contributed by atoms with E-state index in [-0.39, 0.29) is 24.2 Å². The van der Waals surface area contributed by atoms with Crippen LogP contribution in [0.25, 0.3) is 10.9 Å². The Morgan fingerprint density at radius 1 is 1.39 bits per heavy atom. The number of imide groups is 1. The third kappa shape index (κ3) is 1.58. The van der Waals surface area contributed by atoms with Crippen molar-refractivity contribution in [2.75, 3.05) is 7.05 Å². The second-order valence-electron chi connectivity index (χ2n) is 4.48. The Kier molecular flexibility index (Phi) is 2.52. The van der Waals surface area contributed by atoms with Gasteiger partial charge in [0.1, 0.15) is 0 Å². The third-order valence-electron chi connectivity index (χ3n) is 3.43. The Morgan fingerprint density at radius 2 is 2.17 bits per heavy atom. The van der Waals surface area contributed by atoms with Crippen molar-refractivity contribution < 1.29 is 9.59 Å². The second-order valence-corrected chi connectivity index (χ2v) is 5.40. The van der Waals surface area contributed by atoms with E-state index in [0.29, 0.717) is 0 Å². The van der Waals surface area contributed by atoms with Crippen LogP contribution in [0.5, 0.6) is 0 Å². The molecule has 2 amide bonds. The zero-order valence-electron chi connectivity index (χ0n) is 9.74. The number of aromatic nitrogens is 1. The van der Waals surface area contributed by atoms with Gasteiger partial charge in [-0.3, -0.25) is 14.5 Å². The van der Waals surface area contributed by atoms with Gasteiger partial charge < -0.3 is 4.98 Å². The maximum absolute atomic E-state index is 12.0. The van der Waals surface area contributed by atoms with Crippen molar-refractivity contribution in [3.05, 3.63) is 34.4 Å². The van der Waals surface area contributed by atoms with Crippen molar-refractivity contribution in [2.24, 2.45) is 0 Å². The minimum atomic E-state index is -0.356. The van der Waals surface area contributed by atoms with Crippen LogP contribution in [0, 0.1) is 0 Å². The highest BCUT2D eigenvalue weighted by molar-refractivity contribution is 9.10. The number of fused-ring (bicyclic) bond motifs is 1. The van der Waals surface area contributed by atoms with Crippen LogP contribution in [0.4, 0.5) is 0 Å². The van der Waals surface area contributed by atoms with E-state index in [0.717, 1.165) is 20.9 Å². The quantitative estimate of drug-likeness (QED) is 0.823. The van der Waals surface area contributed by atoms with Gasteiger partial charge in [-0.15, -0.1) is 0 Å². The topological polar surface area (TPSA) is 53.2 Å². The SMILES string of the molecule is CN1C(=O)C[C@H](c2c[nH]c3ccc(Br)cc23)C1=O. The van der Waals surface area contributed by atoms with Gasteiger partial charge in [0.05, 0.1) is 5.92 Å². The van der Waals surface area contributed by atoms with E-state index in [9.17, 15) is 9.59 Å². The molecule has 0 saturated carbocycles. The normalized spacial score (nSPS) is 20.1. The molecule has 0 radical (unpaired) electrons. The zero-order chi connectivity index (χ0) is 12.9. The molecule has 1 saturated heterocycles. The van der Waals surface area contributed by atoms with Crippen LogP contribution in [0.2, 0.25) is 0 Å². The monoisotopic (exact) mass is 306 g/mol. The number of halogens is 1. The lowest BCUT2D eigenvalue weighted by molar-refractivity contribution is -0.137. The molecule has 92 valence electrons. The summed E-state index contributed by atoms with van der Waals surface area (Å²) in [5, 5.41) is 0.992. The van der Waals surface area contributed by atoms with Gasteiger partial charge in [0.2, 0.25) is 11.8 Å². The molecule has 1 aromatic carbocycles. The number of amides is 2. The fraction of sp³-hybridized carbons (Fsp3) is 0.231. The van der Waals surface area contributed by atoms with Crippen molar-refractivity contribution in [1.29, 1.82) is 0 Å². The Morgan fingerprint density at radius 3 is 2.83 bits per heavy atom. The number of nitrogens with one attached hydrogen (secondary N) is 1.